The number of amides is 6. The maximum atomic E-state index is 14.1. The Balaban J connectivity index is 0.720. The molecule has 362 valence electrons. The summed E-state index contributed by atoms with van der Waals surface area (Å²) in [4.78, 5) is 78.3. The molecule has 3 aliphatic rings. The van der Waals surface area contributed by atoms with Gasteiger partial charge in [-0.3, -0.25) is 39.0 Å². The third-order valence-corrected chi connectivity index (χ3v) is 11.3. The molecule has 3 aromatic carbocycles. The van der Waals surface area contributed by atoms with Crippen molar-refractivity contribution >= 4 is 46.9 Å². The number of rotatable bonds is 24. The highest BCUT2D eigenvalue weighted by Crippen LogP contribution is 2.35. The molecule has 2 fully saturated rings. The van der Waals surface area contributed by atoms with Gasteiger partial charge in [0.15, 0.2) is 11.6 Å². The van der Waals surface area contributed by atoms with Gasteiger partial charge in [0, 0.05) is 43.4 Å². The Morgan fingerprint density at radius 1 is 0.824 bits per heavy atom. The molecule has 1 aromatic heterocycles. The number of piperidine rings is 2. The van der Waals surface area contributed by atoms with E-state index in [0.29, 0.717) is 89.5 Å². The molecule has 22 heteroatoms. The molecule has 2 atom stereocenters. The molecule has 6 amide bonds. The van der Waals surface area contributed by atoms with Gasteiger partial charge in [0.2, 0.25) is 17.7 Å². The molecule has 20 nitrogen and oxygen atoms in total. The lowest BCUT2D eigenvalue weighted by Gasteiger charge is -2.33. The van der Waals surface area contributed by atoms with Gasteiger partial charge in [-0.1, -0.05) is 6.07 Å². The van der Waals surface area contributed by atoms with E-state index in [1.807, 2.05) is 0 Å². The van der Waals surface area contributed by atoms with Gasteiger partial charge in [-0.05, 0) is 67.8 Å². The molecule has 0 aliphatic carbocycles. The highest BCUT2D eigenvalue weighted by molar-refractivity contribution is 6.25. The fourth-order valence-electron chi connectivity index (χ4n) is 7.97. The molecular weight excluding hydrogens is 895 g/mol. The van der Waals surface area contributed by atoms with Gasteiger partial charge in [-0.25, -0.2) is 13.5 Å². The zero-order valence-electron chi connectivity index (χ0n) is 37.0. The standard InChI is InChI=1S/C46H52F2N8O12/c47-29-8-12-36(33(48)25-29)68-31-9-6-28(7-10-31)41-40(43(50)59)42(49)56(53-41)30-3-2-15-54(26-30)38(58)27-67-24-23-66-22-21-65-20-19-64-18-17-63-16-14-51-34-5-1-4-32-39(34)46(62)55(45(32)61)35-11-13-37(57)52-44(35)60/h1,4-10,12,25,30,35,51H,2-3,11,13-24,26-27,49H2,(H2,50,59)(H,52,57,60). The molecule has 0 radical (unpaired) electrons. The molecular formula is C46H52F2N8O12. The number of aromatic nitrogens is 2. The smallest absolute Gasteiger partial charge is 0.264 e. The minimum absolute atomic E-state index is 0.0261. The zero-order valence-corrected chi connectivity index (χ0v) is 37.0. The van der Waals surface area contributed by atoms with Crippen molar-refractivity contribution in [1.29, 1.82) is 0 Å². The molecule has 0 spiro atoms. The number of ether oxygens (including phenoxy) is 6. The third kappa shape index (κ3) is 12.0. The zero-order chi connectivity index (χ0) is 48.2. The number of nitrogen functional groups attached to an aromatic ring is 1. The summed E-state index contributed by atoms with van der Waals surface area (Å²) < 4.78 is 62.3. The van der Waals surface area contributed by atoms with Crippen LogP contribution in [0.3, 0.4) is 0 Å². The monoisotopic (exact) mass is 946 g/mol. The lowest BCUT2D eigenvalue weighted by molar-refractivity contribution is -0.138. The summed E-state index contributed by atoms with van der Waals surface area (Å²) in [5.41, 5.74) is 13.7. The number of halogens is 2. The van der Waals surface area contributed by atoms with Crippen molar-refractivity contribution in [3.05, 3.63) is 89.0 Å². The third-order valence-electron chi connectivity index (χ3n) is 11.3. The van der Waals surface area contributed by atoms with Crippen molar-refractivity contribution in [3.63, 3.8) is 0 Å². The van der Waals surface area contributed by atoms with Gasteiger partial charge in [-0.15, -0.1) is 0 Å². The van der Waals surface area contributed by atoms with Gasteiger partial charge in [0.1, 0.15) is 41.3 Å². The van der Waals surface area contributed by atoms with Gasteiger partial charge in [-0.2, -0.15) is 5.10 Å². The number of nitrogens with zero attached hydrogens (tertiary/aromatic N) is 4. The van der Waals surface area contributed by atoms with Crippen LogP contribution in [0.1, 0.15) is 62.8 Å². The van der Waals surface area contributed by atoms with Gasteiger partial charge in [0.25, 0.3) is 17.7 Å². The van der Waals surface area contributed by atoms with E-state index >= 15 is 0 Å². The number of nitrogens with one attached hydrogen (secondary N) is 2. The highest BCUT2D eigenvalue weighted by atomic mass is 19.1. The lowest BCUT2D eigenvalue weighted by Crippen LogP contribution is -2.54. The van der Waals surface area contributed by atoms with Crippen molar-refractivity contribution in [2.24, 2.45) is 5.73 Å². The molecule has 4 heterocycles. The lowest BCUT2D eigenvalue weighted by atomic mass is 10.0. The number of benzene rings is 3. The summed E-state index contributed by atoms with van der Waals surface area (Å²) in [6, 6.07) is 12.8. The Labute approximate surface area is 389 Å². The topological polar surface area (TPSA) is 258 Å². The average molecular weight is 947 g/mol. The predicted octanol–water partition coefficient (Wildman–Crippen LogP) is 3.06. The summed E-state index contributed by atoms with van der Waals surface area (Å²) in [6.45, 7) is 3.70. The number of primary amides is 1. The molecule has 2 unspecified atom stereocenters. The van der Waals surface area contributed by atoms with Crippen molar-refractivity contribution in [3.8, 4) is 22.8 Å². The fraction of sp³-hybridized carbons (Fsp3) is 0.413. The van der Waals surface area contributed by atoms with Gasteiger partial charge in [0.05, 0.1) is 76.6 Å². The molecule has 2 saturated heterocycles. The van der Waals surface area contributed by atoms with E-state index in [4.69, 9.17) is 39.9 Å². The van der Waals surface area contributed by atoms with Crippen molar-refractivity contribution in [2.75, 3.05) is 96.8 Å². The molecule has 4 aromatic rings. The maximum Gasteiger partial charge on any atom is 0.264 e. The fourth-order valence-corrected chi connectivity index (χ4v) is 7.97. The summed E-state index contributed by atoms with van der Waals surface area (Å²) in [7, 11) is 0. The quantitative estimate of drug-likeness (QED) is 0.0582. The molecule has 0 saturated carbocycles. The van der Waals surface area contributed by atoms with Crippen LogP contribution in [0.2, 0.25) is 0 Å². The van der Waals surface area contributed by atoms with E-state index in [0.717, 1.165) is 11.0 Å². The Morgan fingerprint density at radius 2 is 1.50 bits per heavy atom. The van der Waals surface area contributed by atoms with Crippen LogP contribution in [-0.2, 0) is 38.1 Å². The summed E-state index contributed by atoms with van der Waals surface area (Å²) in [5.74, 6) is -4.68. The number of hydrogen-bond acceptors (Lipinski definition) is 15. The number of likely N-dealkylation sites (tertiary alicyclic amines) is 1. The molecule has 3 aliphatic heterocycles. The molecule has 0 bridgehead atoms. The number of carbonyl (C=O) groups is 6. The minimum Gasteiger partial charge on any atom is -0.454 e. The Morgan fingerprint density at radius 3 is 2.16 bits per heavy atom. The maximum absolute atomic E-state index is 14.1. The first kappa shape index (κ1) is 49.1. The number of fused-ring (bicyclic) bond motifs is 1. The van der Waals surface area contributed by atoms with Crippen molar-refractivity contribution in [1.82, 2.24) is 24.9 Å². The van der Waals surface area contributed by atoms with Crippen LogP contribution in [0.5, 0.6) is 11.5 Å². The van der Waals surface area contributed by atoms with E-state index < -0.39 is 47.2 Å². The SMILES string of the molecule is NC(=O)c1c(-c2ccc(Oc3ccc(F)cc3F)cc2)nn(C2CCCN(C(=O)COCCOCCOCCOCCOCCNc3cccc4c3C(=O)N(C3CCC(=O)NC3=O)C4=O)C2)c1N. The average Bonchev–Trinajstić information content (AvgIpc) is 3.81. The first-order chi connectivity index (χ1) is 32.9. The van der Waals surface area contributed by atoms with E-state index in [2.05, 4.69) is 15.7 Å². The summed E-state index contributed by atoms with van der Waals surface area (Å²) >= 11 is 0. The largest absolute Gasteiger partial charge is 0.454 e. The van der Waals surface area contributed by atoms with Crippen molar-refractivity contribution < 1.29 is 66.0 Å². The normalized spacial score (nSPS) is 17.1. The first-order valence-electron chi connectivity index (χ1n) is 22.1. The van der Waals surface area contributed by atoms with Crippen LogP contribution in [0.25, 0.3) is 11.3 Å². The summed E-state index contributed by atoms with van der Waals surface area (Å²) in [6.07, 6.45) is 1.43. The number of hydrogen-bond donors (Lipinski definition) is 4. The number of nitrogens with two attached hydrogens (primary N) is 2. The van der Waals surface area contributed by atoms with E-state index in [9.17, 15) is 37.5 Å². The molecule has 68 heavy (non-hydrogen) atoms. The van der Waals surface area contributed by atoms with Crippen LogP contribution >= 0.6 is 0 Å². The van der Waals surface area contributed by atoms with Gasteiger partial charge >= 0.3 is 0 Å². The molecule has 6 N–H and O–H groups in total. The minimum atomic E-state index is -1.04. The van der Waals surface area contributed by atoms with E-state index in [1.54, 1.807) is 41.3 Å². The Bertz CT molecular complexity index is 2490. The summed E-state index contributed by atoms with van der Waals surface area (Å²) in [5, 5.41) is 9.95. The van der Waals surface area contributed by atoms with Crippen LogP contribution < -0.4 is 26.8 Å². The predicted molar refractivity (Wildman–Crippen MR) is 238 cm³/mol. The number of anilines is 2. The van der Waals surface area contributed by atoms with Gasteiger partial charge < -0.3 is 50.1 Å². The second-order valence-corrected chi connectivity index (χ2v) is 15.9. The Kier molecular flexibility index (Phi) is 16.8. The van der Waals surface area contributed by atoms with Crippen LogP contribution in [0, 0.1) is 11.6 Å². The number of carbonyl (C=O) groups excluding carboxylic acids is 6. The van der Waals surface area contributed by atoms with E-state index in [-0.39, 0.29) is 90.9 Å². The first-order valence-corrected chi connectivity index (χ1v) is 22.1. The van der Waals surface area contributed by atoms with Crippen LogP contribution in [0.15, 0.2) is 60.7 Å². The molecule has 7 rings (SSSR count). The highest BCUT2D eigenvalue weighted by Gasteiger charge is 2.45. The van der Waals surface area contributed by atoms with Crippen molar-refractivity contribution in [2.45, 2.75) is 37.8 Å². The van der Waals surface area contributed by atoms with E-state index in [1.165, 1.54) is 16.8 Å². The Hall–Kier alpha value is -6.85. The second-order valence-electron chi connectivity index (χ2n) is 15.9. The number of imide groups is 2. The van der Waals surface area contributed by atoms with Crippen LogP contribution in [-0.4, -0.2) is 147 Å². The second kappa shape index (κ2) is 23.2. The van der Waals surface area contributed by atoms with Crippen LogP contribution in [0.4, 0.5) is 20.3 Å².